The molecule has 0 aromatic carbocycles. The summed E-state index contributed by atoms with van der Waals surface area (Å²) in [6, 6.07) is 0. The van der Waals surface area contributed by atoms with Crippen LogP contribution in [0.15, 0.2) is 4.99 Å². The highest BCUT2D eigenvalue weighted by Crippen LogP contribution is 2.21. The molecule has 0 amide bonds. The molecule has 0 radical (unpaired) electrons. The smallest absolute Gasteiger partial charge is 0.191 e. The molecule has 1 aliphatic rings. The number of hydrogen-bond donors (Lipinski definition) is 3. The second kappa shape index (κ2) is 14.2. The van der Waals surface area contributed by atoms with E-state index in [2.05, 4.69) is 50.2 Å². The molecule has 160 valence electrons. The molecule has 0 aliphatic carbocycles. The van der Waals surface area contributed by atoms with Gasteiger partial charge in [0.1, 0.15) is 0 Å². The molecule has 3 N–H and O–H groups in total. The number of nitrogens with zero attached hydrogens (tertiary/aromatic N) is 2. The van der Waals surface area contributed by atoms with E-state index in [0.717, 1.165) is 50.3 Å². The summed E-state index contributed by atoms with van der Waals surface area (Å²) in [6.07, 6.45) is 5.76. The van der Waals surface area contributed by atoms with Crippen LogP contribution in [0.4, 0.5) is 0 Å². The van der Waals surface area contributed by atoms with Gasteiger partial charge in [0.05, 0.1) is 0 Å². The van der Waals surface area contributed by atoms with Gasteiger partial charge in [-0.1, -0.05) is 27.7 Å². The Morgan fingerprint density at radius 2 is 1.85 bits per heavy atom. The predicted octanol–water partition coefficient (Wildman–Crippen LogP) is 3.34. The van der Waals surface area contributed by atoms with E-state index in [-0.39, 0.29) is 6.61 Å². The number of likely N-dealkylation sites (tertiary alicyclic amines) is 1. The first-order valence-electron chi connectivity index (χ1n) is 11.3. The van der Waals surface area contributed by atoms with Crippen molar-refractivity contribution >= 4 is 5.96 Å². The van der Waals surface area contributed by atoms with Crippen molar-refractivity contribution in [1.82, 2.24) is 15.5 Å². The van der Waals surface area contributed by atoms with Crippen molar-refractivity contribution in [3.8, 4) is 0 Å². The Bertz CT molecular complexity index is 390. The predicted molar refractivity (Wildman–Crippen MR) is 117 cm³/mol. The monoisotopic (exact) mass is 382 g/mol. The molecule has 5 nitrogen and oxygen atoms in total. The van der Waals surface area contributed by atoms with Gasteiger partial charge < -0.3 is 20.6 Å². The molecular weight excluding hydrogens is 336 g/mol. The maximum Gasteiger partial charge on any atom is 0.191 e. The van der Waals surface area contributed by atoms with Crippen LogP contribution in [0.3, 0.4) is 0 Å². The van der Waals surface area contributed by atoms with E-state index in [9.17, 15) is 5.11 Å². The van der Waals surface area contributed by atoms with Crippen LogP contribution < -0.4 is 10.6 Å². The van der Waals surface area contributed by atoms with Gasteiger partial charge >= 0.3 is 0 Å². The van der Waals surface area contributed by atoms with E-state index in [1.54, 1.807) is 0 Å². The molecule has 5 heteroatoms. The highest BCUT2D eigenvalue weighted by Gasteiger charge is 2.20. The topological polar surface area (TPSA) is 59.9 Å². The molecule has 0 bridgehead atoms. The fourth-order valence-electron chi connectivity index (χ4n) is 4.34. The largest absolute Gasteiger partial charge is 0.396 e. The number of aliphatic imine (C=N–C) groups is 1. The first kappa shape index (κ1) is 24.2. The Labute approximate surface area is 168 Å². The quantitative estimate of drug-likeness (QED) is 0.275. The van der Waals surface area contributed by atoms with E-state index in [1.807, 2.05) is 0 Å². The van der Waals surface area contributed by atoms with Crippen molar-refractivity contribution in [1.29, 1.82) is 0 Å². The average molecular weight is 383 g/mol. The van der Waals surface area contributed by atoms with Gasteiger partial charge in [0.15, 0.2) is 5.96 Å². The van der Waals surface area contributed by atoms with Gasteiger partial charge in [0.25, 0.3) is 0 Å². The van der Waals surface area contributed by atoms with Crippen molar-refractivity contribution in [3.05, 3.63) is 0 Å². The fraction of sp³-hybridized carbons (Fsp3) is 0.955. The number of hydrogen-bond acceptors (Lipinski definition) is 3. The first-order valence-corrected chi connectivity index (χ1v) is 11.3. The standard InChI is InChI=1S/C22H46N4O/c1-6-23-22(25-15-21(9-12-27)13-18(2)3)24-10-7-8-11-26-16-19(4)14-20(5)17-26/h18-21,27H,6-17H2,1-5H3,(H2,23,24,25). The van der Waals surface area contributed by atoms with Crippen LogP contribution in [0.25, 0.3) is 0 Å². The Balaban J connectivity index is 2.30. The van der Waals surface area contributed by atoms with Crippen LogP contribution in [0, 0.1) is 23.7 Å². The maximum atomic E-state index is 9.28. The number of nitrogens with one attached hydrogen (secondary N) is 2. The van der Waals surface area contributed by atoms with Gasteiger partial charge in [-0.25, -0.2) is 0 Å². The van der Waals surface area contributed by atoms with Gasteiger partial charge in [0.2, 0.25) is 0 Å². The van der Waals surface area contributed by atoms with Gasteiger partial charge in [-0.05, 0) is 69.2 Å². The van der Waals surface area contributed by atoms with Crippen molar-refractivity contribution in [2.75, 3.05) is 45.9 Å². The molecule has 1 heterocycles. The summed E-state index contributed by atoms with van der Waals surface area (Å²) in [7, 11) is 0. The Morgan fingerprint density at radius 3 is 2.44 bits per heavy atom. The third kappa shape index (κ3) is 11.6. The minimum Gasteiger partial charge on any atom is -0.396 e. The third-order valence-corrected chi connectivity index (χ3v) is 5.33. The molecular formula is C22H46N4O. The van der Waals surface area contributed by atoms with Crippen LogP contribution in [-0.4, -0.2) is 61.8 Å². The van der Waals surface area contributed by atoms with Crippen molar-refractivity contribution in [3.63, 3.8) is 0 Å². The molecule has 0 aromatic rings. The molecule has 0 spiro atoms. The summed E-state index contributed by atoms with van der Waals surface area (Å²) in [4.78, 5) is 7.41. The zero-order valence-electron chi connectivity index (χ0n) is 18.6. The molecule has 1 fully saturated rings. The summed E-state index contributed by atoms with van der Waals surface area (Å²) in [5, 5.41) is 16.1. The van der Waals surface area contributed by atoms with Crippen molar-refractivity contribution < 1.29 is 5.11 Å². The van der Waals surface area contributed by atoms with Crippen LogP contribution >= 0.6 is 0 Å². The highest BCUT2D eigenvalue weighted by molar-refractivity contribution is 5.79. The SMILES string of the molecule is CCNC(=NCC(CCO)CC(C)C)NCCCCN1CC(C)CC(C)C1. The number of guanidine groups is 1. The highest BCUT2D eigenvalue weighted by atomic mass is 16.3. The van der Waals surface area contributed by atoms with Crippen LogP contribution in [0.1, 0.15) is 66.7 Å². The third-order valence-electron chi connectivity index (χ3n) is 5.33. The van der Waals surface area contributed by atoms with Gasteiger partial charge in [-0.15, -0.1) is 0 Å². The number of rotatable bonds is 12. The molecule has 1 rings (SSSR count). The van der Waals surface area contributed by atoms with E-state index in [4.69, 9.17) is 4.99 Å². The lowest BCUT2D eigenvalue weighted by Gasteiger charge is -2.34. The molecule has 0 saturated carbocycles. The van der Waals surface area contributed by atoms with Gasteiger partial charge in [-0.3, -0.25) is 4.99 Å². The van der Waals surface area contributed by atoms with Gasteiger partial charge in [0, 0.05) is 39.3 Å². The second-order valence-electron chi connectivity index (χ2n) is 9.07. The summed E-state index contributed by atoms with van der Waals surface area (Å²) < 4.78 is 0. The summed E-state index contributed by atoms with van der Waals surface area (Å²) >= 11 is 0. The van der Waals surface area contributed by atoms with Crippen molar-refractivity contribution in [2.45, 2.75) is 66.7 Å². The van der Waals surface area contributed by atoms with Crippen molar-refractivity contribution in [2.24, 2.45) is 28.7 Å². The molecule has 3 unspecified atom stereocenters. The lowest BCUT2D eigenvalue weighted by Crippen LogP contribution is -2.40. The fourth-order valence-corrected chi connectivity index (χ4v) is 4.34. The van der Waals surface area contributed by atoms with E-state index in [1.165, 1.54) is 38.9 Å². The summed E-state index contributed by atoms with van der Waals surface area (Å²) in [5.74, 6) is 3.72. The zero-order valence-corrected chi connectivity index (χ0v) is 18.6. The van der Waals surface area contributed by atoms with Crippen LogP contribution in [0.5, 0.6) is 0 Å². The van der Waals surface area contributed by atoms with E-state index < -0.39 is 0 Å². The zero-order chi connectivity index (χ0) is 20.1. The number of unbranched alkanes of at least 4 members (excludes halogenated alkanes) is 1. The molecule has 1 aliphatic heterocycles. The molecule has 1 saturated heterocycles. The summed E-state index contributed by atoms with van der Waals surface area (Å²) in [6.45, 7) is 18.0. The minimum atomic E-state index is 0.255. The van der Waals surface area contributed by atoms with E-state index >= 15 is 0 Å². The lowest BCUT2D eigenvalue weighted by molar-refractivity contribution is 0.139. The number of aliphatic hydroxyl groups excluding tert-OH is 1. The normalized spacial score (nSPS) is 22.9. The Morgan fingerprint density at radius 1 is 1.15 bits per heavy atom. The number of piperidine rings is 1. The van der Waals surface area contributed by atoms with Gasteiger partial charge in [-0.2, -0.15) is 0 Å². The molecule has 3 atom stereocenters. The lowest BCUT2D eigenvalue weighted by atomic mass is 9.92. The van der Waals surface area contributed by atoms with Crippen LogP contribution in [-0.2, 0) is 0 Å². The Kier molecular flexibility index (Phi) is 12.8. The second-order valence-corrected chi connectivity index (χ2v) is 9.07. The average Bonchev–Trinajstić information content (AvgIpc) is 2.58. The molecule has 0 aromatic heterocycles. The minimum absolute atomic E-state index is 0.255. The van der Waals surface area contributed by atoms with Crippen LogP contribution in [0.2, 0.25) is 0 Å². The Hall–Kier alpha value is -0.810. The molecule has 27 heavy (non-hydrogen) atoms. The van der Waals surface area contributed by atoms with E-state index in [0.29, 0.717) is 11.8 Å². The maximum absolute atomic E-state index is 9.28. The number of aliphatic hydroxyl groups is 1. The first-order chi connectivity index (χ1) is 12.9. The summed E-state index contributed by atoms with van der Waals surface area (Å²) in [5.41, 5.74) is 0.